The molecule has 7 aromatic rings. The van der Waals surface area contributed by atoms with E-state index in [1.54, 1.807) is 169 Å². The number of imidazole rings is 1. The zero-order valence-electron chi connectivity index (χ0n) is 75.5. The highest BCUT2D eigenvalue weighted by Gasteiger charge is 2.43. The summed E-state index contributed by atoms with van der Waals surface area (Å²) in [6.45, 7) is 26.0. The normalized spacial score (nSPS) is 13.6. The average molecular weight is 1810 g/mol. The number of aliphatic carboxylic acids is 3. The maximum absolute atomic E-state index is 13.0. The second-order valence-corrected chi connectivity index (χ2v) is 29.7. The molecular formula is C90H106N10O30. The number of nitro groups is 1. The van der Waals surface area contributed by atoms with Gasteiger partial charge in [-0.2, -0.15) is 0 Å². The van der Waals surface area contributed by atoms with Crippen LogP contribution in [0.2, 0.25) is 0 Å². The Morgan fingerprint density at radius 1 is 0.569 bits per heavy atom. The van der Waals surface area contributed by atoms with Crippen molar-refractivity contribution in [3.63, 3.8) is 0 Å². The molecule has 1 atom stereocenters. The lowest BCUT2D eigenvalue weighted by molar-refractivity contribution is -0.385. The van der Waals surface area contributed by atoms with Gasteiger partial charge in [0.25, 0.3) is 11.2 Å². The SMILES string of the molecule is CC(=O)C(=O)O.CC(=O)CCCCn1c(=O)c2c(ncn2C)n(C)c1=O.CCOC(=O)C1=C(C)NC(C)=C(C(=O)OCC)C1c1ccccc1/C=C/C(=O)OC(C)(C)C.COC(=O)C1=C(C)NC(C)=C(C(=O)OC(C)C)C1c1cccc2nonc12.COC(=O)C1=C(C)NC(C)=C(C(=O)OC)C1c1ccccc1[N+](=O)[O-].O=C(O)CCC(=O)C(=O)O.O=C(O)c1ccccc1. The van der Waals surface area contributed by atoms with E-state index in [1.165, 1.54) is 68.0 Å². The van der Waals surface area contributed by atoms with Crippen LogP contribution >= 0.6 is 0 Å². The highest BCUT2D eigenvalue weighted by molar-refractivity contribution is 6.33. The van der Waals surface area contributed by atoms with Gasteiger partial charge in [0.15, 0.2) is 11.2 Å². The molecule has 0 radical (unpaired) electrons. The first-order chi connectivity index (χ1) is 61.1. The fraction of sp³-hybridized carbons (Fsp3) is 0.367. The molecule has 0 fully saturated rings. The maximum atomic E-state index is 13.0. The van der Waals surface area contributed by atoms with Crippen LogP contribution in [0.15, 0.2) is 191 Å². The number of nitro benzene ring substituents is 1. The number of dihydropyridines is 3. The Bertz CT molecular complexity index is 5730. The van der Waals surface area contributed by atoms with Crippen molar-refractivity contribution in [2.75, 3.05) is 34.5 Å². The smallest absolute Gasteiger partial charge is 0.372 e. The summed E-state index contributed by atoms with van der Waals surface area (Å²) in [5.41, 5.74) is 7.63. The van der Waals surface area contributed by atoms with Gasteiger partial charge in [0.1, 0.15) is 22.4 Å². The second-order valence-electron chi connectivity index (χ2n) is 29.7. The molecule has 3 aliphatic heterocycles. The molecule has 1 unspecified atom stereocenters. The fourth-order valence-corrected chi connectivity index (χ4v) is 13.1. The Labute approximate surface area is 745 Å². The molecule has 40 nitrogen and oxygen atoms in total. The number of carboxylic acids is 4. The molecule has 0 saturated heterocycles. The third kappa shape index (κ3) is 29.6. The molecule has 10 rings (SSSR count). The van der Waals surface area contributed by atoms with E-state index in [0.717, 1.165) is 6.92 Å². The quantitative estimate of drug-likeness (QED) is 0.00504. The van der Waals surface area contributed by atoms with Crippen LogP contribution in [0, 0.1) is 10.1 Å². The largest absolute Gasteiger partial charge is 0.481 e. The van der Waals surface area contributed by atoms with Crippen LogP contribution in [0.4, 0.5) is 5.69 Å². The Balaban J connectivity index is 0.000000335. The van der Waals surface area contributed by atoms with Crippen LogP contribution < -0.4 is 27.2 Å². The molecule has 4 aromatic carbocycles. The molecule has 3 aromatic heterocycles. The van der Waals surface area contributed by atoms with E-state index in [0.29, 0.717) is 127 Å². The van der Waals surface area contributed by atoms with E-state index in [4.69, 9.17) is 58.2 Å². The number of fused-ring (bicyclic) bond motifs is 2. The molecule has 696 valence electrons. The number of carbonyl (C=O) groups is 14. The monoisotopic (exact) mass is 1810 g/mol. The third-order valence-corrected chi connectivity index (χ3v) is 18.7. The number of carboxylic acid groups (broad SMARTS) is 4. The molecule has 0 spiro atoms. The van der Waals surface area contributed by atoms with E-state index in [2.05, 4.69) is 31.2 Å². The summed E-state index contributed by atoms with van der Waals surface area (Å²) in [4.78, 5) is 198. The number of Topliss-reactive ketones (excluding diaryl/α,β-unsaturated/α-hetero) is 3. The topological polar surface area (TPSA) is 564 Å². The van der Waals surface area contributed by atoms with Crippen molar-refractivity contribution in [1.29, 1.82) is 0 Å². The number of unbranched alkanes of at least 4 members (excludes halogenated alkanes) is 1. The summed E-state index contributed by atoms with van der Waals surface area (Å²) >= 11 is 0. The van der Waals surface area contributed by atoms with Gasteiger partial charge in [-0.15, -0.1) is 0 Å². The Morgan fingerprint density at radius 2 is 1.02 bits per heavy atom. The number of aromatic nitrogens is 6. The standard InChI is InChI=1S/C26H33NO6.C19H21N3O5.C17H18N2O6.C13H18N4O3.C7H6O2.C5H6O5.C3H4O3/c1-8-31-24(29)21-16(3)27-17(4)22(25(30)32-9-2)23(21)19-13-11-10-12-18(19)14-15-20(28)33-26(5,6)7;1-9(2)26-19(24)15-11(4)20-10(3)14(18(23)25-5)16(15)12-7-6-8-13-17(12)22-27-21-13;1-9-13(16(20)24-3)15(14(10(2)18-9)17(21)25-4)11-7-5-6-8-12(11)19(22)23;1-9(18)6-4-5-7-17-12(19)10-11(14-8-15(10)2)16(3)13(17)20;8-7(9)6-4-2-1-3-5-6;6-3(5(9)10)1-2-4(7)8;1-2(4)3(5)6/h10-15,23,27H,8-9H2,1-7H3;6-9,16,20H,1-5H3;5-8,15,18H,1-4H3;8H,4-7H2,1-3H3;1-5H,(H,8,9);1-2H2,(H,7,8)(H,9,10);1H3,(H,5,6)/b15-14+;;;;;;. The first kappa shape index (κ1) is 107. The number of nitrogens with one attached hydrogen (secondary N) is 3. The van der Waals surface area contributed by atoms with E-state index in [-0.39, 0.29) is 58.7 Å². The average Bonchev–Trinajstić information content (AvgIpc) is 1.59. The van der Waals surface area contributed by atoms with Gasteiger partial charge in [0.05, 0.1) is 115 Å². The molecule has 0 amide bonds. The van der Waals surface area contributed by atoms with E-state index >= 15 is 0 Å². The lowest BCUT2D eigenvalue weighted by Crippen LogP contribution is -2.39. The van der Waals surface area contributed by atoms with Crippen LogP contribution in [0.1, 0.15) is 186 Å². The highest BCUT2D eigenvalue weighted by Crippen LogP contribution is 2.45. The zero-order valence-corrected chi connectivity index (χ0v) is 75.5. The molecule has 6 heterocycles. The van der Waals surface area contributed by atoms with Crippen LogP contribution in [-0.2, 0) is 116 Å². The van der Waals surface area contributed by atoms with Gasteiger partial charge in [0, 0.05) is 92.3 Å². The zero-order chi connectivity index (χ0) is 98.0. The minimum atomic E-state index is -1.58. The van der Waals surface area contributed by atoms with Crippen LogP contribution in [0.25, 0.3) is 28.3 Å². The predicted octanol–water partition coefficient (Wildman–Crippen LogP) is 9.90. The number of hydrogen-bond donors (Lipinski definition) is 7. The third-order valence-electron chi connectivity index (χ3n) is 18.7. The number of rotatable bonds is 26. The number of carbonyl (C=O) groups excluding carboxylic acids is 10. The van der Waals surface area contributed by atoms with Gasteiger partial charge in [-0.1, -0.05) is 72.8 Å². The van der Waals surface area contributed by atoms with Crippen molar-refractivity contribution in [2.24, 2.45) is 14.1 Å². The maximum Gasteiger partial charge on any atom is 0.372 e. The number of nitrogens with zero attached hydrogens (tertiary/aromatic N) is 7. The number of aryl methyl sites for hydroxylation is 2. The lowest BCUT2D eigenvalue weighted by atomic mass is 9.78. The number of hydrogen-bond acceptors (Lipinski definition) is 32. The number of para-hydroxylation sites is 1. The first-order valence-electron chi connectivity index (χ1n) is 40.0. The minimum absolute atomic E-state index is 0.118. The number of benzene rings is 4. The van der Waals surface area contributed by atoms with E-state index < -0.39 is 118 Å². The summed E-state index contributed by atoms with van der Waals surface area (Å²) in [5.74, 6) is -13.1. The van der Waals surface area contributed by atoms with Gasteiger partial charge >= 0.3 is 71.4 Å². The van der Waals surface area contributed by atoms with Crippen molar-refractivity contribution < 1.29 is 130 Å². The lowest BCUT2D eigenvalue weighted by Gasteiger charge is -2.31. The summed E-state index contributed by atoms with van der Waals surface area (Å²) in [5, 5.41) is 60.4. The van der Waals surface area contributed by atoms with Crippen molar-refractivity contribution >= 4 is 117 Å². The van der Waals surface area contributed by atoms with E-state index in [1.807, 2.05) is 24.3 Å². The first-order valence-corrected chi connectivity index (χ1v) is 40.0. The Morgan fingerprint density at radius 3 is 1.45 bits per heavy atom. The van der Waals surface area contributed by atoms with Crippen LogP contribution in [0.5, 0.6) is 0 Å². The van der Waals surface area contributed by atoms with Crippen molar-refractivity contribution in [3.8, 4) is 0 Å². The molecular weight excluding hydrogens is 1700 g/mol. The summed E-state index contributed by atoms with van der Waals surface area (Å²) in [7, 11) is 7.05. The highest BCUT2D eigenvalue weighted by atomic mass is 16.6. The number of methoxy groups -OCH3 is 3. The van der Waals surface area contributed by atoms with Crippen molar-refractivity contribution in [3.05, 3.63) is 236 Å². The van der Waals surface area contributed by atoms with Crippen molar-refractivity contribution in [2.45, 2.75) is 172 Å². The van der Waals surface area contributed by atoms with Crippen LogP contribution in [0.3, 0.4) is 0 Å². The molecule has 7 N–H and O–H groups in total. The molecule has 0 bridgehead atoms. The van der Waals surface area contributed by atoms with Crippen LogP contribution in [-0.4, -0.2) is 184 Å². The number of aromatic carboxylic acids is 1. The van der Waals surface area contributed by atoms with Gasteiger partial charge in [-0.05, 0) is 161 Å². The Kier molecular flexibility index (Phi) is 41.2. The van der Waals surface area contributed by atoms with Gasteiger partial charge in [-0.3, -0.25) is 38.4 Å². The summed E-state index contributed by atoms with van der Waals surface area (Å²) in [6.07, 6.45) is 5.08. The molecule has 130 heavy (non-hydrogen) atoms. The Hall–Kier alpha value is -15.4. The van der Waals surface area contributed by atoms with E-state index in [9.17, 15) is 86.8 Å². The number of ketones is 3. The summed E-state index contributed by atoms with van der Waals surface area (Å²) < 4.78 is 45.1. The fourth-order valence-electron chi connectivity index (χ4n) is 13.1. The molecule has 40 heteroatoms. The number of esters is 7. The van der Waals surface area contributed by atoms with Gasteiger partial charge in [0.2, 0.25) is 11.6 Å². The number of ether oxygens (including phenoxy) is 7. The predicted molar refractivity (Wildman–Crippen MR) is 467 cm³/mol. The minimum Gasteiger partial charge on any atom is -0.481 e. The molecule has 3 aliphatic rings. The van der Waals surface area contributed by atoms with Gasteiger partial charge < -0.3 is 78.9 Å². The molecule has 0 saturated carbocycles. The van der Waals surface area contributed by atoms with Crippen molar-refractivity contribution in [1.82, 2.24) is 44.9 Å². The molecule has 0 aliphatic carbocycles. The second kappa shape index (κ2) is 50.1. The number of allylic oxidation sites excluding steroid dienone is 6. The summed E-state index contributed by atoms with van der Waals surface area (Å²) in [6, 6.07) is 26.8. The van der Waals surface area contributed by atoms with Gasteiger partial charge in [-0.25, -0.2) is 62.4 Å².